The molecule has 4 heterocycles. The summed E-state index contributed by atoms with van der Waals surface area (Å²) in [5, 5.41) is 13.6. The lowest BCUT2D eigenvalue weighted by molar-refractivity contribution is 0.596. The van der Waals surface area contributed by atoms with E-state index in [2.05, 4.69) is 30.9 Å². The lowest BCUT2D eigenvalue weighted by Crippen LogP contribution is -2.47. The molecule has 0 unspecified atom stereocenters. The van der Waals surface area contributed by atoms with Gasteiger partial charge in [0.15, 0.2) is 0 Å². The highest BCUT2D eigenvalue weighted by atomic mass is 16.1. The maximum atomic E-state index is 12.2. The zero-order valence-electron chi connectivity index (χ0n) is 15.3. The van der Waals surface area contributed by atoms with Gasteiger partial charge < -0.3 is 9.80 Å². The summed E-state index contributed by atoms with van der Waals surface area (Å²) in [7, 11) is 0. The minimum absolute atomic E-state index is 0.145. The molecule has 1 aliphatic heterocycles. The Morgan fingerprint density at radius 2 is 1.79 bits per heavy atom. The standard InChI is InChI=1S/C20H19N7O/c21-14-17-13-18(6-8-23-17)25-9-11-26(12-10-25)19-4-5-20(28)27(24-19)15-16-3-1-2-7-22-16/h1-8,13H,9-12,15H2. The molecule has 0 amide bonds. The van der Waals surface area contributed by atoms with Crippen LogP contribution in [0, 0.1) is 11.3 Å². The van der Waals surface area contributed by atoms with Crippen LogP contribution in [0.15, 0.2) is 59.7 Å². The van der Waals surface area contributed by atoms with Gasteiger partial charge in [-0.05, 0) is 30.3 Å². The Hall–Kier alpha value is -3.73. The number of aromatic nitrogens is 4. The zero-order valence-corrected chi connectivity index (χ0v) is 15.3. The molecule has 4 rings (SSSR count). The Kier molecular flexibility index (Phi) is 4.97. The molecule has 0 aliphatic carbocycles. The van der Waals surface area contributed by atoms with Gasteiger partial charge in [-0.2, -0.15) is 10.4 Å². The van der Waals surface area contributed by atoms with Gasteiger partial charge in [0.25, 0.3) is 5.56 Å². The van der Waals surface area contributed by atoms with Crippen LogP contribution >= 0.6 is 0 Å². The first-order valence-electron chi connectivity index (χ1n) is 9.07. The van der Waals surface area contributed by atoms with Gasteiger partial charge in [-0.3, -0.25) is 9.78 Å². The second kappa shape index (κ2) is 7.88. The first kappa shape index (κ1) is 17.7. The van der Waals surface area contributed by atoms with E-state index in [0.717, 1.165) is 43.4 Å². The normalized spacial score (nSPS) is 14.0. The maximum Gasteiger partial charge on any atom is 0.267 e. The predicted octanol–water partition coefficient (Wildman–Crippen LogP) is 1.28. The van der Waals surface area contributed by atoms with Crippen molar-refractivity contribution in [2.45, 2.75) is 6.54 Å². The number of anilines is 2. The number of hydrogen-bond donors (Lipinski definition) is 0. The molecular weight excluding hydrogens is 354 g/mol. The van der Waals surface area contributed by atoms with Gasteiger partial charge in [-0.1, -0.05) is 6.07 Å². The number of nitrogens with zero attached hydrogens (tertiary/aromatic N) is 7. The fraction of sp³-hybridized carbons (Fsp3) is 0.250. The molecule has 28 heavy (non-hydrogen) atoms. The molecule has 0 radical (unpaired) electrons. The summed E-state index contributed by atoms with van der Waals surface area (Å²) < 4.78 is 1.45. The molecule has 8 nitrogen and oxygen atoms in total. The quantitative estimate of drug-likeness (QED) is 0.680. The monoisotopic (exact) mass is 373 g/mol. The molecule has 1 aliphatic rings. The largest absolute Gasteiger partial charge is 0.368 e. The number of hydrogen-bond acceptors (Lipinski definition) is 7. The van der Waals surface area contributed by atoms with E-state index < -0.39 is 0 Å². The van der Waals surface area contributed by atoms with Gasteiger partial charge in [0.05, 0.1) is 12.2 Å². The fourth-order valence-electron chi connectivity index (χ4n) is 3.24. The van der Waals surface area contributed by atoms with Crippen molar-refractivity contribution in [1.29, 1.82) is 5.26 Å². The number of piperazine rings is 1. The molecule has 8 heteroatoms. The van der Waals surface area contributed by atoms with Crippen molar-refractivity contribution in [3.05, 3.63) is 76.6 Å². The second-order valence-electron chi connectivity index (χ2n) is 6.49. The minimum Gasteiger partial charge on any atom is -0.368 e. The Balaban J connectivity index is 1.46. The summed E-state index contributed by atoms with van der Waals surface area (Å²) in [5.74, 6) is 0.780. The minimum atomic E-state index is -0.145. The van der Waals surface area contributed by atoms with Crippen LogP contribution in [0.1, 0.15) is 11.4 Å². The van der Waals surface area contributed by atoms with Crippen molar-refractivity contribution in [1.82, 2.24) is 19.7 Å². The molecule has 0 aromatic carbocycles. The number of pyridine rings is 2. The summed E-state index contributed by atoms with van der Waals surface area (Å²) in [6, 6.07) is 14.7. The van der Waals surface area contributed by atoms with E-state index in [1.165, 1.54) is 4.68 Å². The van der Waals surface area contributed by atoms with Gasteiger partial charge in [-0.15, -0.1) is 0 Å². The van der Waals surface area contributed by atoms with E-state index in [-0.39, 0.29) is 5.56 Å². The Labute approximate surface area is 162 Å². The van der Waals surface area contributed by atoms with Gasteiger partial charge in [0.1, 0.15) is 17.6 Å². The van der Waals surface area contributed by atoms with Crippen molar-refractivity contribution >= 4 is 11.5 Å². The summed E-state index contributed by atoms with van der Waals surface area (Å²) in [6.07, 6.45) is 3.37. The molecule has 0 atom stereocenters. The van der Waals surface area contributed by atoms with Crippen LogP contribution in [-0.4, -0.2) is 45.9 Å². The molecule has 0 spiro atoms. The van der Waals surface area contributed by atoms with Gasteiger partial charge in [-0.25, -0.2) is 9.67 Å². The van der Waals surface area contributed by atoms with Gasteiger partial charge in [0, 0.05) is 50.3 Å². The Bertz CT molecular complexity index is 1050. The van der Waals surface area contributed by atoms with E-state index in [9.17, 15) is 4.79 Å². The van der Waals surface area contributed by atoms with E-state index >= 15 is 0 Å². The molecule has 3 aromatic rings. The predicted molar refractivity (Wildman–Crippen MR) is 105 cm³/mol. The third-order valence-corrected chi connectivity index (χ3v) is 4.72. The lowest BCUT2D eigenvalue weighted by Gasteiger charge is -2.36. The van der Waals surface area contributed by atoms with Crippen molar-refractivity contribution in [2.75, 3.05) is 36.0 Å². The van der Waals surface area contributed by atoms with E-state index in [1.54, 1.807) is 30.6 Å². The van der Waals surface area contributed by atoms with E-state index in [1.807, 2.05) is 24.3 Å². The third kappa shape index (κ3) is 3.83. The molecule has 0 saturated carbocycles. The van der Waals surface area contributed by atoms with Gasteiger partial charge in [0.2, 0.25) is 0 Å². The topological polar surface area (TPSA) is 90.9 Å². The molecule has 0 bridgehead atoms. The first-order valence-corrected chi connectivity index (χ1v) is 9.07. The average Bonchev–Trinajstić information content (AvgIpc) is 2.76. The Morgan fingerprint density at radius 1 is 0.964 bits per heavy atom. The molecule has 0 N–H and O–H groups in total. The van der Waals surface area contributed by atoms with Crippen LogP contribution < -0.4 is 15.4 Å². The van der Waals surface area contributed by atoms with Crippen LogP contribution in [0.5, 0.6) is 0 Å². The van der Waals surface area contributed by atoms with Crippen LogP contribution in [0.4, 0.5) is 11.5 Å². The SMILES string of the molecule is N#Cc1cc(N2CCN(c3ccc(=O)n(Cc4ccccn4)n3)CC2)ccn1. The first-order chi connectivity index (χ1) is 13.7. The third-order valence-electron chi connectivity index (χ3n) is 4.72. The van der Waals surface area contributed by atoms with Crippen molar-refractivity contribution < 1.29 is 0 Å². The molecule has 1 saturated heterocycles. The Morgan fingerprint density at radius 3 is 2.54 bits per heavy atom. The van der Waals surface area contributed by atoms with Crippen LogP contribution in [0.3, 0.4) is 0 Å². The van der Waals surface area contributed by atoms with Crippen molar-refractivity contribution in [3.8, 4) is 6.07 Å². The fourth-order valence-corrected chi connectivity index (χ4v) is 3.24. The smallest absolute Gasteiger partial charge is 0.267 e. The van der Waals surface area contributed by atoms with Crippen LogP contribution in [0.2, 0.25) is 0 Å². The summed E-state index contributed by atoms with van der Waals surface area (Å²) in [4.78, 5) is 24.8. The zero-order chi connectivity index (χ0) is 19.3. The highest BCUT2D eigenvalue weighted by Gasteiger charge is 2.19. The lowest BCUT2D eigenvalue weighted by atomic mass is 10.2. The van der Waals surface area contributed by atoms with Crippen molar-refractivity contribution in [2.24, 2.45) is 0 Å². The molecule has 1 fully saturated rings. The van der Waals surface area contributed by atoms with Crippen LogP contribution in [-0.2, 0) is 6.54 Å². The maximum absolute atomic E-state index is 12.2. The molecule has 3 aromatic heterocycles. The highest BCUT2D eigenvalue weighted by Crippen LogP contribution is 2.19. The molecule has 140 valence electrons. The molecular formula is C20H19N7O. The van der Waals surface area contributed by atoms with E-state index in [4.69, 9.17) is 5.26 Å². The highest BCUT2D eigenvalue weighted by molar-refractivity contribution is 5.51. The van der Waals surface area contributed by atoms with Crippen LogP contribution in [0.25, 0.3) is 0 Å². The summed E-state index contributed by atoms with van der Waals surface area (Å²) >= 11 is 0. The average molecular weight is 373 g/mol. The number of nitriles is 1. The summed E-state index contributed by atoms with van der Waals surface area (Å²) in [5.41, 5.74) is 2.07. The van der Waals surface area contributed by atoms with E-state index in [0.29, 0.717) is 12.2 Å². The summed E-state index contributed by atoms with van der Waals surface area (Å²) in [6.45, 7) is 3.51. The van der Waals surface area contributed by atoms with Crippen molar-refractivity contribution in [3.63, 3.8) is 0 Å². The number of rotatable bonds is 4. The second-order valence-corrected chi connectivity index (χ2v) is 6.49. The van der Waals surface area contributed by atoms with Gasteiger partial charge >= 0.3 is 0 Å².